The van der Waals surface area contributed by atoms with Gasteiger partial charge in [-0.05, 0) is 47.1 Å². The summed E-state index contributed by atoms with van der Waals surface area (Å²) in [5.74, 6) is 1.52. The lowest BCUT2D eigenvalue weighted by Gasteiger charge is -2.31. The van der Waals surface area contributed by atoms with Gasteiger partial charge < -0.3 is 5.73 Å². The molecule has 0 bridgehead atoms. The van der Waals surface area contributed by atoms with Gasteiger partial charge in [0.2, 0.25) is 0 Å². The van der Waals surface area contributed by atoms with Gasteiger partial charge >= 0.3 is 0 Å². The molecule has 3 rings (SSSR count). The van der Waals surface area contributed by atoms with Gasteiger partial charge in [0.25, 0.3) is 0 Å². The van der Waals surface area contributed by atoms with Crippen LogP contribution in [0.25, 0.3) is 10.1 Å². The monoisotopic (exact) mass is 259 g/mol. The van der Waals surface area contributed by atoms with E-state index in [2.05, 4.69) is 36.6 Å². The molecule has 2 aromatic rings. The molecule has 2 heteroatoms. The second-order valence-corrected chi connectivity index (χ2v) is 6.66. The Morgan fingerprint density at radius 1 is 1.28 bits per heavy atom. The van der Waals surface area contributed by atoms with Gasteiger partial charge in [-0.15, -0.1) is 11.3 Å². The normalized spacial score (nSPS) is 26.3. The molecule has 0 amide bonds. The molecule has 1 saturated carbocycles. The molecule has 3 unspecified atom stereocenters. The summed E-state index contributed by atoms with van der Waals surface area (Å²) < 4.78 is 1.37. The highest BCUT2D eigenvalue weighted by Gasteiger charge is 2.26. The van der Waals surface area contributed by atoms with Crippen molar-refractivity contribution in [1.29, 1.82) is 0 Å². The van der Waals surface area contributed by atoms with Gasteiger partial charge in [-0.25, -0.2) is 0 Å². The van der Waals surface area contributed by atoms with Crippen molar-refractivity contribution in [3.63, 3.8) is 0 Å². The number of rotatable bonds is 2. The molecule has 1 fully saturated rings. The van der Waals surface area contributed by atoms with Crippen LogP contribution in [-0.2, 0) is 0 Å². The third kappa shape index (κ3) is 2.19. The number of thiophene rings is 1. The summed E-state index contributed by atoms with van der Waals surface area (Å²) in [4.78, 5) is 0. The van der Waals surface area contributed by atoms with E-state index < -0.39 is 0 Å². The van der Waals surface area contributed by atoms with E-state index in [-0.39, 0.29) is 6.04 Å². The van der Waals surface area contributed by atoms with Crippen molar-refractivity contribution in [1.82, 2.24) is 0 Å². The highest BCUT2D eigenvalue weighted by Crippen LogP contribution is 2.39. The fourth-order valence-corrected chi connectivity index (χ4v) is 4.33. The van der Waals surface area contributed by atoms with Crippen LogP contribution in [0, 0.1) is 11.8 Å². The Kier molecular flexibility index (Phi) is 3.40. The second kappa shape index (κ2) is 5.02. The fourth-order valence-electron chi connectivity index (χ4n) is 3.32. The van der Waals surface area contributed by atoms with E-state index in [0.29, 0.717) is 5.92 Å². The SMILES string of the molecule is CC1CCCC(C(N)c2csc3ccccc23)C1. The third-order valence-corrected chi connectivity index (χ3v) is 5.34. The third-order valence-electron chi connectivity index (χ3n) is 4.35. The van der Waals surface area contributed by atoms with Crippen molar-refractivity contribution < 1.29 is 0 Å². The molecule has 1 aromatic heterocycles. The Hall–Kier alpha value is -0.860. The molecular weight excluding hydrogens is 238 g/mol. The van der Waals surface area contributed by atoms with E-state index in [1.54, 1.807) is 0 Å². The first-order valence-electron chi connectivity index (χ1n) is 6.97. The molecular formula is C16H21NS. The average molecular weight is 259 g/mol. The number of benzene rings is 1. The molecule has 1 aliphatic carbocycles. The summed E-state index contributed by atoms with van der Waals surface area (Å²) in [5.41, 5.74) is 7.92. The first-order valence-corrected chi connectivity index (χ1v) is 7.85. The quantitative estimate of drug-likeness (QED) is 0.829. The molecule has 18 heavy (non-hydrogen) atoms. The van der Waals surface area contributed by atoms with Crippen LogP contribution in [0.5, 0.6) is 0 Å². The standard InChI is InChI=1S/C16H21NS/c1-11-5-4-6-12(9-11)16(17)14-10-18-15-8-3-2-7-13(14)15/h2-3,7-8,10-12,16H,4-6,9,17H2,1H3. The van der Waals surface area contributed by atoms with Gasteiger partial charge in [0.05, 0.1) is 0 Å². The largest absolute Gasteiger partial charge is 0.324 e. The molecule has 3 atom stereocenters. The molecule has 0 spiro atoms. The van der Waals surface area contributed by atoms with E-state index in [1.165, 1.54) is 41.3 Å². The highest BCUT2D eigenvalue weighted by molar-refractivity contribution is 7.17. The molecule has 96 valence electrons. The fraction of sp³-hybridized carbons (Fsp3) is 0.500. The molecule has 1 aromatic carbocycles. The van der Waals surface area contributed by atoms with Gasteiger partial charge in [-0.2, -0.15) is 0 Å². The van der Waals surface area contributed by atoms with Crippen LogP contribution in [0.3, 0.4) is 0 Å². The minimum absolute atomic E-state index is 0.226. The lowest BCUT2D eigenvalue weighted by Crippen LogP contribution is -2.25. The van der Waals surface area contributed by atoms with Crippen molar-refractivity contribution in [3.8, 4) is 0 Å². The highest BCUT2D eigenvalue weighted by atomic mass is 32.1. The van der Waals surface area contributed by atoms with Crippen molar-refractivity contribution in [2.45, 2.75) is 38.6 Å². The van der Waals surface area contributed by atoms with Crippen molar-refractivity contribution >= 4 is 21.4 Å². The average Bonchev–Trinajstić information content (AvgIpc) is 2.82. The summed E-state index contributed by atoms with van der Waals surface area (Å²) in [7, 11) is 0. The maximum atomic E-state index is 6.55. The van der Waals surface area contributed by atoms with Gasteiger partial charge in [-0.3, -0.25) is 0 Å². The second-order valence-electron chi connectivity index (χ2n) is 5.74. The van der Waals surface area contributed by atoms with E-state index in [9.17, 15) is 0 Å². The van der Waals surface area contributed by atoms with Crippen LogP contribution in [0.1, 0.15) is 44.2 Å². The predicted octanol–water partition coefficient (Wildman–Crippen LogP) is 4.73. The summed E-state index contributed by atoms with van der Waals surface area (Å²) in [5, 5.41) is 3.64. The summed E-state index contributed by atoms with van der Waals surface area (Å²) in [6.45, 7) is 2.37. The van der Waals surface area contributed by atoms with Gasteiger partial charge in [0.15, 0.2) is 0 Å². The molecule has 1 aliphatic rings. The summed E-state index contributed by atoms with van der Waals surface area (Å²) in [6, 6.07) is 8.86. The zero-order valence-electron chi connectivity index (χ0n) is 10.9. The molecule has 0 radical (unpaired) electrons. The van der Waals surface area contributed by atoms with E-state index >= 15 is 0 Å². The molecule has 0 saturated heterocycles. The van der Waals surface area contributed by atoms with Crippen LogP contribution < -0.4 is 5.73 Å². The number of nitrogens with two attached hydrogens (primary N) is 1. The zero-order valence-corrected chi connectivity index (χ0v) is 11.7. The van der Waals surface area contributed by atoms with Crippen LogP contribution in [0.15, 0.2) is 29.6 Å². The van der Waals surface area contributed by atoms with Crippen LogP contribution in [0.4, 0.5) is 0 Å². The van der Waals surface area contributed by atoms with Gasteiger partial charge in [-0.1, -0.05) is 38.0 Å². The van der Waals surface area contributed by atoms with Crippen LogP contribution >= 0.6 is 11.3 Å². The lowest BCUT2D eigenvalue weighted by atomic mass is 9.77. The molecule has 0 aliphatic heterocycles. The maximum Gasteiger partial charge on any atom is 0.0346 e. The van der Waals surface area contributed by atoms with Gasteiger partial charge in [0.1, 0.15) is 0 Å². The zero-order chi connectivity index (χ0) is 12.5. The van der Waals surface area contributed by atoms with Crippen molar-refractivity contribution in [3.05, 3.63) is 35.2 Å². The first-order chi connectivity index (χ1) is 8.75. The smallest absolute Gasteiger partial charge is 0.0346 e. The topological polar surface area (TPSA) is 26.0 Å². The van der Waals surface area contributed by atoms with Gasteiger partial charge in [0, 0.05) is 10.7 Å². The minimum Gasteiger partial charge on any atom is -0.324 e. The Morgan fingerprint density at radius 2 is 2.11 bits per heavy atom. The first kappa shape index (κ1) is 12.2. The van der Waals surface area contributed by atoms with Crippen molar-refractivity contribution in [2.24, 2.45) is 17.6 Å². The number of hydrogen-bond acceptors (Lipinski definition) is 2. The summed E-state index contributed by atoms with van der Waals surface area (Å²) >= 11 is 1.83. The Labute approximate surface area is 113 Å². The minimum atomic E-state index is 0.226. The lowest BCUT2D eigenvalue weighted by molar-refractivity contribution is 0.249. The summed E-state index contributed by atoms with van der Waals surface area (Å²) in [6.07, 6.45) is 5.33. The molecule has 1 nitrogen and oxygen atoms in total. The van der Waals surface area contributed by atoms with E-state index in [0.717, 1.165) is 5.92 Å². The maximum absolute atomic E-state index is 6.55. The number of fused-ring (bicyclic) bond motifs is 1. The predicted molar refractivity (Wildman–Crippen MR) is 79.9 cm³/mol. The van der Waals surface area contributed by atoms with Crippen LogP contribution in [0.2, 0.25) is 0 Å². The Balaban J connectivity index is 1.89. The molecule has 1 heterocycles. The van der Waals surface area contributed by atoms with Crippen molar-refractivity contribution in [2.75, 3.05) is 0 Å². The van der Waals surface area contributed by atoms with E-state index in [1.807, 2.05) is 11.3 Å². The number of hydrogen-bond donors (Lipinski definition) is 1. The Bertz CT molecular complexity index is 531. The van der Waals surface area contributed by atoms with E-state index in [4.69, 9.17) is 5.73 Å². The molecule has 2 N–H and O–H groups in total. The van der Waals surface area contributed by atoms with Crippen LogP contribution in [-0.4, -0.2) is 0 Å². The Morgan fingerprint density at radius 3 is 2.94 bits per heavy atom.